The van der Waals surface area contributed by atoms with Gasteiger partial charge in [-0.25, -0.2) is 0 Å². The van der Waals surface area contributed by atoms with Crippen LogP contribution in [0, 0.1) is 0 Å². The highest BCUT2D eigenvalue weighted by molar-refractivity contribution is 5.98. The molecular formula is C19H29ClN4O3. The van der Waals surface area contributed by atoms with Crippen LogP contribution in [0.25, 0.3) is 0 Å². The first-order valence-electron chi connectivity index (χ1n) is 9.46. The molecule has 1 unspecified atom stereocenters. The fraction of sp³-hybridized carbons (Fsp3) is 0.579. The molecule has 2 saturated heterocycles. The molecular weight excluding hydrogens is 368 g/mol. The van der Waals surface area contributed by atoms with E-state index in [0.717, 1.165) is 52.0 Å². The van der Waals surface area contributed by atoms with E-state index in [1.807, 2.05) is 0 Å². The number of benzene rings is 1. The van der Waals surface area contributed by atoms with Crippen molar-refractivity contribution in [1.29, 1.82) is 0 Å². The minimum absolute atomic E-state index is 0. The van der Waals surface area contributed by atoms with Crippen molar-refractivity contribution in [2.45, 2.75) is 25.4 Å². The van der Waals surface area contributed by atoms with Gasteiger partial charge in [0.05, 0.1) is 0 Å². The lowest BCUT2D eigenvalue weighted by atomic mass is 10.1. The van der Waals surface area contributed by atoms with E-state index in [1.165, 1.54) is 0 Å². The molecule has 3 N–H and O–H groups in total. The highest BCUT2D eigenvalue weighted by Gasteiger charge is 2.23. The van der Waals surface area contributed by atoms with Crippen molar-refractivity contribution < 1.29 is 14.3 Å². The number of hydrogen-bond donors (Lipinski definition) is 3. The molecule has 7 nitrogen and oxygen atoms in total. The average Bonchev–Trinajstić information content (AvgIpc) is 3.21. The van der Waals surface area contributed by atoms with Crippen LogP contribution in [-0.2, 0) is 9.53 Å². The summed E-state index contributed by atoms with van der Waals surface area (Å²) in [6.07, 6.45) is 2.21. The number of halogens is 1. The SMILES string of the molecule is Cl.O=C(NCCCN1CCNCC1)c1cccc(NC(=O)C2CCCO2)c1. The first-order valence-corrected chi connectivity index (χ1v) is 9.46. The lowest BCUT2D eigenvalue weighted by Gasteiger charge is -2.27. The third-order valence-electron chi connectivity index (χ3n) is 4.76. The number of anilines is 1. The van der Waals surface area contributed by atoms with Gasteiger partial charge in [0.15, 0.2) is 0 Å². The van der Waals surface area contributed by atoms with Crippen LogP contribution in [0.3, 0.4) is 0 Å². The van der Waals surface area contributed by atoms with E-state index in [1.54, 1.807) is 24.3 Å². The van der Waals surface area contributed by atoms with Crippen LogP contribution in [0.1, 0.15) is 29.6 Å². The minimum Gasteiger partial charge on any atom is -0.368 e. The summed E-state index contributed by atoms with van der Waals surface area (Å²) >= 11 is 0. The number of ether oxygens (including phenoxy) is 1. The van der Waals surface area contributed by atoms with Gasteiger partial charge in [-0.05, 0) is 44.0 Å². The second kappa shape index (κ2) is 11.2. The third-order valence-corrected chi connectivity index (χ3v) is 4.76. The molecule has 0 saturated carbocycles. The molecule has 3 rings (SSSR count). The van der Waals surface area contributed by atoms with Crippen molar-refractivity contribution >= 4 is 29.9 Å². The molecule has 0 bridgehead atoms. The molecule has 0 spiro atoms. The van der Waals surface area contributed by atoms with Crippen molar-refractivity contribution in [3.63, 3.8) is 0 Å². The van der Waals surface area contributed by atoms with Gasteiger partial charge in [-0.15, -0.1) is 12.4 Å². The molecule has 2 aliphatic heterocycles. The largest absolute Gasteiger partial charge is 0.368 e. The number of hydrogen-bond acceptors (Lipinski definition) is 5. The van der Waals surface area contributed by atoms with Crippen LogP contribution in [0.2, 0.25) is 0 Å². The Balaban J connectivity index is 0.00000261. The Kier molecular flexibility index (Phi) is 9.00. The van der Waals surface area contributed by atoms with Gasteiger partial charge in [0.2, 0.25) is 0 Å². The van der Waals surface area contributed by atoms with Crippen molar-refractivity contribution in [3.05, 3.63) is 29.8 Å². The Bertz CT molecular complexity index is 617. The van der Waals surface area contributed by atoms with Gasteiger partial charge in [0.1, 0.15) is 6.10 Å². The predicted molar refractivity (Wildman–Crippen MR) is 108 cm³/mol. The number of amides is 2. The predicted octanol–water partition coefficient (Wildman–Crippen LogP) is 1.25. The number of carbonyl (C=O) groups is 2. The first-order chi connectivity index (χ1) is 12.7. The van der Waals surface area contributed by atoms with E-state index >= 15 is 0 Å². The van der Waals surface area contributed by atoms with Gasteiger partial charge >= 0.3 is 0 Å². The Morgan fingerprint density at radius 2 is 2.07 bits per heavy atom. The zero-order valence-electron chi connectivity index (χ0n) is 15.5. The third kappa shape index (κ3) is 6.77. The number of piperazine rings is 1. The van der Waals surface area contributed by atoms with Crippen molar-refractivity contribution in [3.8, 4) is 0 Å². The van der Waals surface area contributed by atoms with Crippen LogP contribution in [0.15, 0.2) is 24.3 Å². The molecule has 150 valence electrons. The summed E-state index contributed by atoms with van der Waals surface area (Å²) in [5, 5.41) is 9.12. The molecule has 1 aromatic rings. The van der Waals surface area contributed by atoms with E-state index in [9.17, 15) is 9.59 Å². The Morgan fingerprint density at radius 3 is 2.81 bits per heavy atom. The lowest BCUT2D eigenvalue weighted by molar-refractivity contribution is -0.124. The van der Waals surface area contributed by atoms with Crippen LogP contribution in [0.5, 0.6) is 0 Å². The molecule has 1 atom stereocenters. The zero-order valence-corrected chi connectivity index (χ0v) is 16.4. The summed E-state index contributed by atoms with van der Waals surface area (Å²) in [5.74, 6) is -0.255. The summed E-state index contributed by atoms with van der Waals surface area (Å²) in [7, 11) is 0. The molecule has 27 heavy (non-hydrogen) atoms. The monoisotopic (exact) mass is 396 g/mol. The fourth-order valence-corrected chi connectivity index (χ4v) is 3.29. The standard InChI is InChI=1S/C19H28N4O3.ClH/c24-18(21-7-3-10-23-11-8-20-9-12-23)15-4-1-5-16(14-15)22-19(25)17-6-2-13-26-17;/h1,4-5,14,17,20H,2-3,6-13H2,(H,21,24)(H,22,25);1H. The normalized spacial score (nSPS) is 19.9. The smallest absolute Gasteiger partial charge is 0.253 e. The molecule has 8 heteroatoms. The van der Waals surface area contributed by atoms with E-state index < -0.39 is 0 Å². The topological polar surface area (TPSA) is 82.7 Å². The van der Waals surface area contributed by atoms with E-state index in [0.29, 0.717) is 24.4 Å². The van der Waals surface area contributed by atoms with Gasteiger partial charge in [-0.3, -0.25) is 9.59 Å². The lowest BCUT2D eigenvalue weighted by Crippen LogP contribution is -2.44. The first kappa shape index (κ1) is 21.6. The minimum atomic E-state index is -0.377. The van der Waals surface area contributed by atoms with Crippen LogP contribution < -0.4 is 16.0 Å². The van der Waals surface area contributed by atoms with E-state index in [-0.39, 0.29) is 30.3 Å². The van der Waals surface area contributed by atoms with E-state index in [4.69, 9.17) is 4.74 Å². The van der Waals surface area contributed by atoms with Crippen LogP contribution in [0.4, 0.5) is 5.69 Å². The summed E-state index contributed by atoms with van der Waals surface area (Å²) in [5.41, 5.74) is 1.18. The van der Waals surface area contributed by atoms with Gasteiger partial charge in [0, 0.05) is 50.6 Å². The molecule has 0 radical (unpaired) electrons. The van der Waals surface area contributed by atoms with E-state index in [2.05, 4.69) is 20.9 Å². The Morgan fingerprint density at radius 1 is 1.26 bits per heavy atom. The van der Waals surface area contributed by atoms with Crippen molar-refractivity contribution in [2.75, 3.05) is 51.2 Å². The summed E-state index contributed by atoms with van der Waals surface area (Å²) in [4.78, 5) is 26.8. The van der Waals surface area contributed by atoms with Crippen LogP contribution >= 0.6 is 12.4 Å². The average molecular weight is 397 g/mol. The molecule has 2 heterocycles. The van der Waals surface area contributed by atoms with Crippen molar-refractivity contribution in [2.24, 2.45) is 0 Å². The summed E-state index contributed by atoms with van der Waals surface area (Å²) < 4.78 is 5.38. The maximum absolute atomic E-state index is 12.3. The highest BCUT2D eigenvalue weighted by Crippen LogP contribution is 2.16. The molecule has 0 aliphatic carbocycles. The number of carbonyl (C=O) groups excluding carboxylic acids is 2. The molecule has 2 aliphatic rings. The Hall–Kier alpha value is -1.67. The maximum atomic E-state index is 12.3. The van der Waals surface area contributed by atoms with Crippen LogP contribution in [-0.4, -0.2) is 68.7 Å². The second-order valence-corrected chi connectivity index (χ2v) is 6.77. The molecule has 1 aromatic carbocycles. The van der Waals surface area contributed by atoms with Gasteiger partial charge < -0.3 is 25.6 Å². The summed E-state index contributed by atoms with van der Waals surface area (Å²) in [6, 6.07) is 7.03. The van der Waals surface area contributed by atoms with Gasteiger partial charge in [0.25, 0.3) is 11.8 Å². The molecule has 2 amide bonds. The number of nitrogens with one attached hydrogen (secondary N) is 3. The summed E-state index contributed by atoms with van der Waals surface area (Å²) in [6.45, 7) is 6.50. The Labute approximate surface area is 166 Å². The number of rotatable bonds is 7. The number of nitrogens with zero attached hydrogens (tertiary/aromatic N) is 1. The highest BCUT2D eigenvalue weighted by atomic mass is 35.5. The maximum Gasteiger partial charge on any atom is 0.253 e. The fourth-order valence-electron chi connectivity index (χ4n) is 3.29. The quantitative estimate of drug-likeness (QED) is 0.604. The zero-order chi connectivity index (χ0) is 18.2. The van der Waals surface area contributed by atoms with Gasteiger partial charge in [-0.1, -0.05) is 6.07 Å². The second-order valence-electron chi connectivity index (χ2n) is 6.77. The van der Waals surface area contributed by atoms with Gasteiger partial charge in [-0.2, -0.15) is 0 Å². The molecule has 0 aromatic heterocycles. The van der Waals surface area contributed by atoms with Crippen molar-refractivity contribution in [1.82, 2.24) is 15.5 Å². The molecule has 2 fully saturated rings.